The van der Waals surface area contributed by atoms with Crippen LogP contribution in [-0.2, 0) is 4.79 Å². The van der Waals surface area contributed by atoms with Crippen LogP contribution in [0.1, 0.15) is 58.3 Å². The summed E-state index contributed by atoms with van der Waals surface area (Å²) >= 11 is 0. The lowest BCUT2D eigenvalue weighted by molar-refractivity contribution is -0.204. The minimum atomic E-state index is -0.470. The minimum absolute atomic E-state index is 0.195. The Morgan fingerprint density at radius 2 is 1.39 bits per heavy atom. The lowest BCUT2D eigenvalue weighted by Gasteiger charge is -2.66. The maximum absolute atomic E-state index is 12.0. The van der Waals surface area contributed by atoms with Gasteiger partial charge in [0.25, 0.3) is 0 Å². The Labute approximate surface area is 109 Å². The Hall–Kier alpha value is -0.530. The standard InChI is InChI=1S/C16H24O2/c1-10-5-16(6-10,14(17)18)15-7-11-2-12(8-15)4-13(3-11)9-15/h10-13H,2-9H2,1H3,(H,17,18). The third kappa shape index (κ3) is 1.22. The smallest absolute Gasteiger partial charge is 0.310 e. The van der Waals surface area contributed by atoms with Gasteiger partial charge in [-0.25, -0.2) is 0 Å². The Kier molecular flexibility index (Phi) is 2.08. The molecule has 5 saturated carbocycles. The van der Waals surface area contributed by atoms with Crippen molar-refractivity contribution >= 4 is 5.97 Å². The number of aliphatic carboxylic acids is 1. The van der Waals surface area contributed by atoms with Crippen LogP contribution in [-0.4, -0.2) is 11.1 Å². The van der Waals surface area contributed by atoms with E-state index in [1.54, 1.807) is 0 Å². The summed E-state index contributed by atoms with van der Waals surface area (Å²) in [5, 5.41) is 9.86. The molecular formula is C16H24O2. The van der Waals surface area contributed by atoms with E-state index in [0.717, 1.165) is 30.6 Å². The van der Waals surface area contributed by atoms with Crippen molar-refractivity contribution < 1.29 is 9.90 Å². The third-order valence-corrected chi connectivity index (χ3v) is 6.86. The second kappa shape index (κ2) is 3.32. The fourth-order valence-electron chi connectivity index (χ4n) is 6.66. The summed E-state index contributed by atoms with van der Waals surface area (Å²) in [5.74, 6) is 2.76. The van der Waals surface area contributed by atoms with E-state index in [4.69, 9.17) is 0 Å². The maximum atomic E-state index is 12.0. The van der Waals surface area contributed by atoms with Crippen molar-refractivity contribution in [3.63, 3.8) is 0 Å². The summed E-state index contributed by atoms with van der Waals surface area (Å²) in [7, 11) is 0. The van der Waals surface area contributed by atoms with E-state index in [9.17, 15) is 9.90 Å². The summed E-state index contributed by atoms with van der Waals surface area (Å²) in [6, 6.07) is 0. The van der Waals surface area contributed by atoms with Gasteiger partial charge in [0.1, 0.15) is 0 Å². The van der Waals surface area contributed by atoms with Crippen LogP contribution in [0.3, 0.4) is 0 Å². The molecule has 4 bridgehead atoms. The molecule has 1 N–H and O–H groups in total. The molecule has 0 aromatic carbocycles. The fraction of sp³-hybridized carbons (Fsp3) is 0.938. The molecule has 0 saturated heterocycles. The van der Waals surface area contributed by atoms with Crippen molar-refractivity contribution in [3.8, 4) is 0 Å². The minimum Gasteiger partial charge on any atom is -0.481 e. The van der Waals surface area contributed by atoms with E-state index in [0.29, 0.717) is 5.92 Å². The number of carboxylic acids is 1. The molecule has 0 unspecified atom stereocenters. The molecule has 0 aromatic heterocycles. The van der Waals surface area contributed by atoms with E-state index >= 15 is 0 Å². The topological polar surface area (TPSA) is 37.3 Å². The van der Waals surface area contributed by atoms with Crippen LogP contribution in [0.2, 0.25) is 0 Å². The van der Waals surface area contributed by atoms with Gasteiger partial charge in [0.2, 0.25) is 0 Å². The fourth-order valence-corrected chi connectivity index (χ4v) is 6.66. The van der Waals surface area contributed by atoms with E-state index in [1.807, 2.05) is 0 Å². The largest absolute Gasteiger partial charge is 0.481 e. The number of carboxylic acid groups (broad SMARTS) is 1. The maximum Gasteiger partial charge on any atom is 0.310 e. The SMILES string of the molecule is CC1CC(C(=O)O)(C23CC4CC(CC(C4)C2)C3)C1. The zero-order chi connectivity index (χ0) is 12.5. The van der Waals surface area contributed by atoms with Gasteiger partial charge in [0.15, 0.2) is 0 Å². The lowest BCUT2D eigenvalue weighted by Crippen LogP contribution is -2.61. The third-order valence-electron chi connectivity index (χ3n) is 6.86. The molecule has 2 heteroatoms. The second-order valence-electron chi connectivity index (χ2n) is 8.10. The van der Waals surface area contributed by atoms with Gasteiger partial charge >= 0.3 is 5.97 Å². The second-order valence-corrected chi connectivity index (χ2v) is 8.10. The van der Waals surface area contributed by atoms with Gasteiger partial charge in [-0.15, -0.1) is 0 Å². The Morgan fingerprint density at radius 3 is 1.72 bits per heavy atom. The highest BCUT2D eigenvalue weighted by atomic mass is 16.4. The Bertz CT molecular complexity index is 357. The molecule has 0 spiro atoms. The highest BCUT2D eigenvalue weighted by molar-refractivity contribution is 5.77. The molecule has 0 atom stereocenters. The van der Waals surface area contributed by atoms with E-state index in [-0.39, 0.29) is 10.8 Å². The highest BCUT2D eigenvalue weighted by Crippen LogP contribution is 2.71. The molecule has 0 heterocycles. The van der Waals surface area contributed by atoms with Crippen molar-refractivity contribution in [2.24, 2.45) is 34.5 Å². The number of carbonyl (C=O) groups is 1. The molecule has 5 aliphatic carbocycles. The molecule has 0 aromatic rings. The van der Waals surface area contributed by atoms with Crippen LogP contribution in [0.15, 0.2) is 0 Å². The number of hydrogen-bond donors (Lipinski definition) is 1. The van der Waals surface area contributed by atoms with Crippen molar-refractivity contribution in [1.82, 2.24) is 0 Å². The molecule has 5 aliphatic rings. The normalized spacial score (nSPS) is 57.4. The molecule has 5 rings (SSSR count). The summed E-state index contributed by atoms with van der Waals surface area (Å²) in [4.78, 5) is 12.0. The van der Waals surface area contributed by atoms with E-state index in [1.165, 1.54) is 38.5 Å². The van der Waals surface area contributed by atoms with E-state index < -0.39 is 5.97 Å². The van der Waals surface area contributed by atoms with Crippen molar-refractivity contribution in [2.75, 3.05) is 0 Å². The predicted molar refractivity (Wildman–Crippen MR) is 69.1 cm³/mol. The summed E-state index contributed by atoms with van der Waals surface area (Å²) in [5.41, 5.74) is -0.136. The average molecular weight is 248 g/mol. The molecule has 5 fully saturated rings. The Morgan fingerprint density at radius 1 is 0.944 bits per heavy atom. The van der Waals surface area contributed by atoms with Gasteiger partial charge < -0.3 is 5.11 Å². The van der Waals surface area contributed by atoms with E-state index in [2.05, 4.69) is 6.92 Å². The summed E-state index contributed by atoms with van der Waals surface area (Å²) in [6.45, 7) is 2.22. The van der Waals surface area contributed by atoms with Crippen molar-refractivity contribution in [2.45, 2.75) is 58.3 Å². The first-order valence-corrected chi connectivity index (χ1v) is 7.76. The highest BCUT2D eigenvalue weighted by Gasteiger charge is 2.66. The monoisotopic (exact) mass is 248 g/mol. The zero-order valence-electron chi connectivity index (χ0n) is 11.3. The van der Waals surface area contributed by atoms with Crippen molar-refractivity contribution in [3.05, 3.63) is 0 Å². The van der Waals surface area contributed by atoms with Crippen molar-refractivity contribution in [1.29, 1.82) is 0 Å². The van der Waals surface area contributed by atoms with Crippen LogP contribution in [0.4, 0.5) is 0 Å². The molecule has 0 radical (unpaired) electrons. The van der Waals surface area contributed by atoms with Crippen LogP contribution in [0.25, 0.3) is 0 Å². The van der Waals surface area contributed by atoms with Crippen LogP contribution in [0.5, 0.6) is 0 Å². The van der Waals surface area contributed by atoms with Crippen LogP contribution >= 0.6 is 0 Å². The van der Waals surface area contributed by atoms with Gasteiger partial charge in [-0.05, 0) is 80.5 Å². The average Bonchev–Trinajstić information content (AvgIpc) is 2.21. The van der Waals surface area contributed by atoms with Gasteiger partial charge in [-0.3, -0.25) is 4.79 Å². The lowest BCUT2D eigenvalue weighted by atomic mass is 9.37. The van der Waals surface area contributed by atoms with Gasteiger partial charge in [-0.2, -0.15) is 0 Å². The first kappa shape index (κ1) is 11.3. The molecular weight excluding hydrogens is 224 g/mol. The molecule has 2 nitrogen and oxygen atoms in total. The molecule has 0 amide bonds. The quantitative estimate of drug-likeness (QED) is 0.809. The van der Waals surface area contributed by atoms with Gasteiger partial charge in [0, 0.05) is 0 Å². The zero-order valence-corrected chi connectivity index (χ0v) is 11.3. The van der Waals surface area contributed by atoms with Crippen LogP contribution in [0, 0.1) is 34.5 Å². The van der Waals surface area contributed by atoms with Gasteiger partial charge in [0.05, 0.1) is 5.41 Å². The molecule has 0 aliphatic heterocycles. The molecule has 100 valence electrons. The first-order valence-electron chi connectivity index (χ1n) is 7.76. The Balaban J connectivity index is 1.72. The predicted octanol–water partition coefficient (Wildman–Crippen LogP) is 3.70. The number of hydrogen-bond acceptors (Lipinski definition) is 1. The summed E-state index contributed by atoms with van der Waals surface area (Å²) < 4.78 is 0. The van der Waals surface area contributed by atoms with Crippen LogP contribution < -0.4 is 0 Å². The first-order chi connectivity index (χ1) is 8.53. The number of rotatable bonds is 2. The molecule has 18 heavy (non-hydrogen) atoms. The van der Waals surface area contributed by atoms with Gasteiger partial charge in [-0.1, -0.05) is 6.92 Å². The summed E-state index contributed by atoms with van der Waals surface area (Å²) in [6.07, 6.45) is 9.83.